The minimum absolute atomic E-state index is 0.377. The number of nitro groups is 1. The fraction of sp³-hybridized carbons (Fsp3) is 0.133. The highest BCUT2D eigenvalue weighted by Crippen LogP contribution is 2.22. The highest BCUT2D eigenvalue weighted by atomic mass is 32.2. The van der Waals surface area contributed by atoms with Gasteiger partial charge in [0.25, 0.3) is 21.6 Å². The highest BCUT2D eigenvalue weighted by Gasteiger charge is 2.25. The van der Waals surface area contributed by atoms with Crippen LogP contribution in [0.2, 0.25) is 0 Å². The van der Waals surface area contributed by atoms with Crippen molar-refractivity contribution in [3.63, 3.8) is 0 Å². The SMILES string of the molecule is COc1ccc(OCC(=O)NNS(=O)(=O)c2ccccc2[N+](=O)[O-])cc1. The summed E-state index contributed by atoms with van der Waals surface area (Å²) < 4.78 is 34.4. The molecular weight excluding hydrogens is 366 g/mol. The van der Waals surface area contributed by atoms with Gasteiger partial charge in [-0.05, 0) is 30.3 Å². The minimum atomic E-state index is -4.32. The van der Waals surface area contributed by atoms with Gasteiger partial charge in [-0.25, -0.2) is 8.42 Å². The summed E-state index contributed by atoms with van der Waals surface area (Å²) >= 11 is 0. The van der Waals surface area contributed by atoms with Crippen LogP contribution < -0.4 is 19.7 Å². The van der Waals surface area contributed by atoms with Crippen LogP contribution in [0.1, 0.15) is 0 Å². The molecule has 2 aromatic carbocycles. The molecule has 0 saturated carbocycles. The van der Waals surface area contributed by atoms with Crippen LogP contribution in [0.4, 0.5) is 5.69 Å². The molecule has 2 rings (SSSR count). The van der Waals surface area contributed by atoms with Crippen LogP contribution in [0.15, 0.2) is 53.4 Å². The second-order valence-electron chi connectivity index (χ2n) is 4.84. The number of hydrazine groups is 1. The number of ether oxygens (including phenoxy) is 2. The van der Waals surface area contributed by atoms with Crippen molar-refractivity contribution < 1.29 is 27.6 Å². The Kier molecular flexibility index (Phi) is 6.09. The molecule has 0 aromatic heterocycles. The number of carbonyl (C=O) groups excluding carboxylic acids is 1. The number of hydrogen-bond acceptors (Lipinski definition) is 7. The lowest BCUT2D eigenvalue weighted by Crippen LogP contribution is -2.43. The first-order valence-corrected chi connectivity index (χ1v) is 8.63. The number of methoxy groups -OCH3 is 1. The van der Waals surface area contributed by atoms with Gasteiger partial charge in [0.2, 0.25) is 0 Å². The first kappa shape index (κ1) is 19.1. The maximum absolute atomic E-state index is 12.1. The summed E-state index contributed by atoms with van der Waals surface area (Å²) in [5.74, 6) is 0.199. The summed E-state index contributed by atoms with van der Waals surface area (Å²) in [7, 11) is -2.81. The Bertz CT molecular complexity index is 898. The van der Waals surface area contributed by atoms with Gasteiger partial charge in [0, 0.05) is 6.07 Å². The van der Waals surface area contributed by atoms with Gasteiger partial charge in [-0.1, -0.05) is 12.1 Å². The van der Waals surface area contributed by atoms with E-state index in [0.717, 1.165) is 12.1 Å². The second-order valence-corrected chi connectivity index (χ2v) is 6.49. The molecule has 0 heterocycles. The van der Waals surface area contributed by atoms with E-state index in [4.69, 9.17) is 9.47 Å². The molecule has 0 spiro atoms. The zero-order valence-electron chi connectivity index (χ0n) is 13.5. The van der Waals surface area contributed by atoms with E-state index in [1.165, 1.54) is 19.2 Å². The van der Waals surface area contributed by atoms with Crippen LogP contribution in [0.3, 0.4) is 0 Å². The topological polar surface area (TPSA) is 137 Å². The molecule has 138 valence electrons. The largest absolute Gasteiger partial charge is 0.497 e. The Hall–Kier alpha value is -3.18. The summed E-state index contributed by atoms with van der Waals surface area (Å²) in [6.07, 6.45) is 0. The molecule has 0 aliphatic heterocycles. The number of hydrogen-bond donors (Lipinski definition) is 2. The van der Waals surface area contributed by atoms with Crippen LogP contribution in [0.5, 0.6) is 11.5 Å². The Balaban J connectivity index is 1.94. The predicted octanol–water partition coefficient (Wildman–Crippen LogP) is 0.992. The molecule has 2 N–H and O–H groups in total. The zero-order valence-corrected chi connectivity index (χ0v) is 14.4. The van der Waals surface area contributed by atoms with Crippen molar-refractivity contribution >= 4 is 21.6 Å². The summed E-state index contributed by atoms with van der Waals surface area (Å²) in [4.78, 5) is 23.0. The van der Waals surface area contributed by atoms with Crippen LogP contribution in [0, 0.1) is 10.1 Å². The number of sulfonamides is 1. The molecule has 0 bridgehead atoms. The quantitative estimate of drug-likeness (QED) is 0.514. The molecule has 0 aliphatic rings. The molecule has 0 radical (unpaired) electrons. The van der Waals surface area contributed by atoms with Crippen LogP contribution in [0.25, 0.3) is 0 Å². The van der Waals surface area contributed by atoms with Crippen LogP contribution in [-0.4, -0.2) is 33.0 Å². The third kappa shape index (κ3) is 4.91. The summed E-state index contributed by atoms with van der Waals surface area (Å²) in [6.45, 7) is -0.467. The smallest absolute Gasteiger partial charge is 0.289 e. The van der Waals surface area contributed by atoms with E-state index in [1.807, 2.05) is 5.43 Å². The predicted molar refractivity (Wildman–Crippen MR) is 90.0 cm³/mol. The fourth-order valence-electron chi connectivity index (χ4n) is 1.87. The third-order valence-corrected chi connectivity index (χ3v) is 4.40. The first-order chi connectivity index (χ1) is 12.3. The molecule has 26 heavy (non-hydrogen) atoms. The van der Waals surface area contributed by atoms with Gasteiger partial charge in [-0.3, -0.25) is 20.3 Å². The van der Waals surface area contributed by atoms with E-state index in [2.05, 4.69) is 0 Å². The average molecular weight is 381 g/mol. The number of benzene rings is 2. The van der Waals surface area contributed by atoms with Crippen molar-refractivity contribution in [3.8, 4) is 11.5 Å². The maximum atomic E-state index is 12.1. The number of nitrogens with one attached hydrogen (secondary N) is 2. The van der Waals surface area contributed by atoms with Crippen molar-refractivity contribution in [3.05, 3.63) is 58.6 Å². The van der Waals surface area contributed by atoms with Gasteiger partial charge >= 0.3 is 0 Å². The van der Waals surface area contributed by atoms with E-state index in [1.54, 1.807) is 29.1 Å². The number of nitrogens with zero attached hydrogens (tertiary/aromatic N) is 1. The average Bonchev–Trinajstić information content (AvgIpc) is 2.65. The van der Waals surface area contributed by atoms with Crippen molar-refractivity contribution in [2.24, 2.45) is 0 Å². The lowest BCUT2D eigenvalue weighted by molar-refractivity contribution is -0.387. The van der Waals surface area contributed by atoms with Crippen molar-refractivity contribution in [1.29, 1.82) is 0 Å². The minimum Gasteiger partial charge on any atom is -0.497 e. The molecule has 0 atom stereocenters. The molecule has 11 heteroatoms. The van der Waals surface area contributed by atoms with E-state index < -0.39 is 38.0 Å². The molecule has 0 aliphatic carbocycles. The molecular formula is C15H15N3O7S. The summed E-state index contributed by atoms with van der Waals surface area (Å²) in [5.41, 5.74) is 1.32. The molecule has 2 aromatic rings. The van der Waals surface area contributed by atoms with E-state index in [0.29, 0.717) is 11.5 Å². The van der Waals surface area contributed by atoms with Crippen molar-refractivity contribution in [2.45, 2.75) is 4.90 Å². The Morgan fingerprint density at radius 2 is 1.73 bits per heavy atom. The summed E-state index contributed by atoms with van der Waals surface area (Å²) in [6, 6.07) is 11.2. The normalized spacial score (nSPS) is 10.8. The number of nitro benzene ring substituents is 1. The molecule has 10 nitrogen and oxygen atoms in total. The van der Waals surface area contributed by atoms with Gasteiger partial charge in [0.05, 0.1) is 12.0 Å². The lowest BCUT2D eigenvalue weighted by atomic mass is 10.3. The van der Waals surface area contributed by atoms with E-state index in [9.17, 15) is 23.3 Å². The van der Waals surface area contributed by atoms with Crippen LogP contribution >= 0.6 is 0 Å². The number of rotatable bonds is 8. The Morgan fingerprint density at radius 3 is 2.35 bits per heavy atom. The Labute approximate surface area is 148 Å². The number of carbonyl (C=O) groups is 1. The second kappa shape index (κ2) is 8.27. The van der Waals surface area contributed by atoms with Gasteiger partial charge < -0.3 is 9.47 Å². The zero-order chi connectivity index (χ0) is 19.2. The Morgan fingerprint density at radius 1 is 1.12 bits per heavy atom. The molecule has 0 saturated heterocycles. The van der Waals surface area contributed by atoms with Crippen molar-refractivity contribution in [1.82, 2.24) is 10.3 Å². The van der Waals surface area contributed by atoms with Gasteiger partial charge in [0.1, 0.15) is 11.5 Å². The number of amides is 1. The first-order valence-electron chi connectivity index (χ1n) is 7.14. The maximum Gasteiger partial charge on any atom is 0.289 e. The molecule has 1 amide bonds. The lowest BCUT2D eigenvalue weighted by Gasteiger charge is -2.10. The highest BCUT2D eigenvalue weighted by molar-refractivity contribution is 7.89. The standard InChI is InChI=1S/C15H15N3O7S/c1-24-11-6-8-12(9-7-11)25-10-15(19)16-17-26(22,23)14-5-3-2-4-13(14)18(20)21/h2-9,17H,10H2,1H3,(H,16,19). The van der Waals surface area contributed by atoms with Gasteiger partial charge in [-0.15, -0.1) is 4.83 Å². The van der Waals surface area contributed by atoms with Crippen LogP contribution in [-0.2, 0) is 14.8 Å². The fourth-order valence-corrected chi connectivity index (χ4v) is 2.91. The molecule has 0 unspecified atom stereocenters. The number of para-hydroxylation sites is 1. The van der Waals surface area contributed by atoms with Crippen molar-refractivity contribution in [2.75, 3.05) is 13.7 Å². The van der Waals surface area contributed by atoms with Gasteiger partial charge in [-0.2, -0.15) is 0 Å². The summed E-state index contributed by atoms with van der Waals surface area (Å²) in [5, 5.41) is 10.9. The van der Waals surface area contributed by atoms with E-state index >= 15 is 0 Å². The third-order valence-electron chi connectivity index (χ3n) is 3.11. The monoisotopic (exact) mass is 381 g/mol. The van der Waals surface area contributed by atoms with Gasteiger partial charge in [0.15, 0.2) is 11.5 Å². The molecule has 0 fully saturated rings. The van der Waals surface area contributed by atoms with E-state index in [-0.39, 0.29) is 0 Å².